The second-order valence-corrected chi connectivity index (χ2v) is 7.78. The van der Waals surface area contributed by atoms with E-state index in [-0.39, 0.29) is 29.8 Å². The molecule has 142 valence electrons. The number of nitrogens with one attached hydrogen (secondary N) is 1. The first-order chi connectivity index (χ1) is 13.2. The van der Waals surface area contributed by atoms with Gasteiger partial charge in [0.15, 0.2) is 0 Å². The molecular weight excluding hydrogens is 340 g/mol. The minimum Gasteiger partial charge on any atom is -0.465 e. The number of hydrogen-bond acceptors (Lipinski definition) is 4. The van der Waals surface area contributed by atoms with Crippen molar-refractivity contribution >= 4 is 22.8 Å². The number of fused-ring (bicyclic) bond motifs is 1. The molecule has 4 rings (SSSR count). The van der Waals surface area contributed by atoms with E-state index < -0.39 is 0 Å². The van der Waals surface area contributed by atoms with Gasteiger partial charge in [-0.1, -0.05) is 18.2 Å². The summed E-state index contributed by atoms with van der Waals surface area (Å²) in [6, 6.07) is 10.4. The number of pyridine rings is 1. The monoisotopic (exact) mass is 366 g/mol. The maximum atomic E-state index is 12.3. The van der Waals surface area contributed by atoms with Gasteiger partial charge in [-0.15, -0.1) is 0 Å². The van der Waals surface area contributed by atoms with Gasteiger partial charge in [0.25, 0.3) is 0 Å². The highest BCUT2D eigenvalue weighted by molar-refractivity contribution is 5.81. The van der Waals surface area contributed by atoms with Crippen LogP contribution in [0.5, 0.6) is 0 Å². The van der Waals surface area contributed by atoms with Gasteiger partial charge in [-0.3, -0.25) is 14.6 Å². The van der Waals surface area contributed by atoms with E-state index in [0.717, 1.165) is 55.0 Å². The topological polar surface area (TPSA) is 68.3 Å². The summed E-state index contributed by atoms with van der Waals surface area (Å²) in [5, 5.41) is 4.24. The van der Waals surface area contributed by atoms with Crippen molar-refractivity contribution < 1.29 is 14.3 Å². The Bertz CT molecular complexity index is 823. The number of ether oxygens (including phenoxy) is 1. The van der Waals surface area contributed by atoms with Gasteiger partial charge in [0, 0.05) is 30.0 Å². The van der Waals surface area contributed by atoms with Crippen LogP contribution in [0.25, 0.3) is 10.9 Å². The molecule has 0 spiro atoms. The molecule has 0 bridgehead atoms. The molecule has 1 heterocycles. The molecular formula is C22H26N2O3. The zero-order chi connectivity index (χ0) is 18.6. The van der Waals surface area contributed by atoms with Crippen LogP contribution in [0.3, 0.4) is 0 Å². The standard InChI is InChI=1S/C22H26N2O3/c25-21(17-5-6-17)24-19-9-7-18(8-10-19)22(26)27-13-11-15-3-4-16-2-1-12-23-20(16)14-15/h1-4,12,14,17-19H,5-11,13H2,(H,24,25). The molecule has 1 aromatic heterocycles. The number of aromatic nitrogens is 1. The van der Waals surface area contributed by atoms with Crippen molar-refractivity contribution in [2.45, 2.75) is 51.0 Å². The van der Waals surface area contributed by atoms with E-state index in [0.29, 0.717) is 13.0 Å². The highest BCUT2D eigenvalue weighted by Gasteiger charge is 2.33. The first-order valence-corrected chi connectivity index (χ1v) is 10.00. The van der Waals surface area contributed by atoms with Gasteiger partial charge in [0.05, 0.1) is 18.0 Å². The molecule has 0 atom stereocenters. The summed E-state index contributed by atoms with van der Waals surface area (Å²) in [7, 11) is 0. The van der Waals surface area contributed by atoms with Crippen LogP contribution in [0.2, 0.25) is 0 Å². The molecule has 2 aromatic rings. The normalized spacial score (nSPS) is 22.4. The van der Waals surface area contributed by atoms with Crippen molar-refractivity contribution in [2.75, 3.05) is 6.61 Å². The first-order valence-electron chi connectivity index (χ1n) is 10.00. The van der Waals surface area contributed by atoms with Crippen molar-refractivity contribution in [1.82, 2.24) is 10.3 Å². The summed E-state index contributed by atoms with van der Waals surface area (Å²) in [5.41, 5.74) is 2.09. The van der Waals surface area contributed by atoms with Crippen molar-refractivity contribution in [3.63, 3.8) is 0 Å². The number of rotatable bonds is 6. The average Bonchev–Trinajstić information content (AvgIpc) is 3.54. The fourth-order valence-corrected chi connectivity index (χ4v) is 3.79. The Kier molecular flexibility index (Phi) is 5.37. The highest BCUT2D eigenvalue weighted by Crippen LogP contribution is 2.31. The maximum absolute atomic E-state index is 12.3. The SMILES string of the molecule is O=C(NC1CCC(C(=O)OCCc2ccc3cccnc3c2)CC1)C1CC1. The van der Waals surface area contributed by atoms with Gasteiger partial charge < -0.3 is 10.1 Å². The molecule has 0 saturated heterocycles. The minimum absolute atomic E-state index is 0.0302. The number of nitrogens with zero attached hydrogens (tertiary/aromatic N) is 1. The summed E-state index contributed by atoms with van der Waals surface area (Å²) >= 11 is 0. The Morgan fingerprint density at radius 3 is 2.59 bits per heavy atom. The van der Waals surface area contributed by atoms with E-state index in [4.69, 9.17) is 4.74 Å². The first kappa shape index (κ1) is 18.0. The van der Waals surface area contributed by atoms with E-state index in [1.807, 2.05) is 12.1 Å². The lowest BCUT2D eigenvalue weighted by Gasteiger charge is -2.28. The van der Waals surface area contributed by atoms with Crippen LogP contribution in [0.1, 0.15) is 44.1 Å². The largest absolute Gasteiger partial charge is 0.465 e. The van der Waals surface area contributed by atoms with Gasteiger partial charge in [-0.05, 0) is 56.2 Å². The number of carbonyl (C=O) groups is 2. The number of esters is 1. The molecule has 5 heteroatoms. The van der Waals surface area contributed by atoms with Crippen LogP contribution in [0.4, 0.5) is 0 Å². The third-order valence-corrected chi connectivity index (χ3v) is 5.66. The molecule has 1 aromatic carbocycles. The van der Waals surface area contributed by atoms with E-state index in [1.165, 1.54) is 0 Å². The third kappa shape index (κ3) is 4.65. The van der Waals surface area contributed by atoms with Crippen molar-refractivity contribution in [3.05, 3.63) is 42.1 Å². The van der Waals surface area contributed by atoms with Crippen molar-refractivity contribution in [1.29, 1.82) is 0 Å². The minimum atomic E-state index is -0.0964. The Balaban J connectivity index is 1.19. The summed E-state index contributed by atoms with van der Waals surface area (Å²) in [5.74, 6) is 0.321. The lowest BCUT2D eigenvalue weighted by Crippen LogP contribution is -2.39. The number of amides is 1. The summed E-state index contributed by atoms with van der Waals surface area (Å²) in [4.78, 5) is 28.5. The van der Waals surface area contributed by atoms with Crippen LogP contribution >= 0.6 is 0 Å². The molecule has 5 nitrogen and oxygen atoms in total. The summed E-state index contributed by atoms with van der Waals surface area (Å²) in [6.07, 6.45) is 7.88. The van der Waals surface area contributed by atoms with Crippen LogP contribution in [0.15, 0.2) is 36.5 Å². The molecule has 0 radical (unpaired) electrons. The quantitative estimate of drug-likeness (QED) is 0.796. The lowest BCUT2D eigenvalue weighted by molar-refractivity contribution is -0.149. The van der Waals surface area contributed by atoms with Gasteiger partial charge >= 0.3 is 5.97 Å². The molecule has 2 aliphatic carbocycles. The van der Waals surface area contributed by atoms with Crippen molar-refractivity contribution in [3.8, 4) is 0 Å². The Morgan fingerprint density at radius 1 is 1.04 bits per heavy atom. The van der Waals surface area contributed by atoms with Crippen LogP contribution in [0, 0.1) is 11.8 Å². The van der Waals surface area contributed by atoms with Crippen LogP contribution < -0.4 is 5.32 Å². The molecule has 2 fully saturated rings. The predicted octanol–water partition coefficient (Wildman–Crippen LogP) is 3.41. The molecule has 0 unspecified atom stereocenters. The molecule has 1 amide bonds. The van der Waals surface area contributed by atoms with Gasteiger partial charge in [0.2, 0.25) is 5.91 Å². The molecule has 0 aliphatic heterocycles. The summed E-state index contributed by atoms with van der Waals surface area (Å²) < 4.78 is 5.52. The fraction of sp³-hybridized carbons (Fsp3) is 0.500. The summed E-state index contributed by atoms with van der Waals surface area (Å²) in [6.45, 7) is 0.398. The van der Waals surface area contributed by atoms with Gasteiger partial charge in [0.1, 0.15) is 0 Å². The zero-order valence-corrected chi connectivity index (χ0v) is 15.5. The second kappa shape index (κ2) is 8.07. The number of benzene rings is 1. The van der Waals surface area contributed by atoms with Crippen LogP contribution in [-0.2, 0) is 20.7 Å². The second-order valence-electron chi connectivity index (χ2n) is 7.78. The predicted molar refractivity (Wildman–Crippen MR) is 103 cm³/mol. The van der Waals surface area contributed by atoms with Crippen molar-refractivity contribution in [2.24, 2.45) is 11.8 Å². The Hall–Kier alpha value is -2.43. The zero-order valence-electron chi connectivity index (χ0n) is 15.5. The smallest absolute Gasteiger partial charge is 0.308 e. The third-order valence-electron chi connectivity index (χ3n) is 5.66. The van der Waals surface area contributed by atoms with Gasteiger partial charge in [-0.25, -0.2) is 0 Å². The van der Waals surface area contributed by atoms with E-state index in [1.54, 1.807) is 6.20 Å². The molecule has 27 heavy (non-hydrogen) atoms. The molecule has 2 aliphatic rings. The number of hydrogen-bond donors (Lipinski definition) is 1. The molecule has 2 saturated carbocycles. The molecule has 1 N–H and O–H groups in total. The Morgan fingerprint density at radius 2 is 1.81 bits per heavy atom. The van der Waals surface area contributed by atoms with Gasteiger partial charge in [-0.2, -0.15) is 0 Å². The van der Waals surface area contributed by atoms with E-state index >= 15 is 0 Å². The van der Waals surface area contributed by atoms with E-state index in [9.17, 15) is 9.59 Å². The highest BCUT2D eigenvalue weighted by atomic mass is 16.5. The Labute approximate surface area is 159 Å². The van der Waals surface area contributed by atoms with Crippen LogP contribution in [-0.4, -0.2) is 29.5 Å². The number of carbonyl (C=O) groups excluding carboxylic acids is 2. The lowest BCUT2D eigenvalue weighted by atomic mass is 9.86. The maximum Gasteiger partial charge on any atom is 0.308 e. The van der Waals surface area contributed by atoms with E-state index in [2.05, 4.69) is 28.5 Å². The fourth-order valence-electron chi connectivity index (χ4n) is 3.79. The average molecular weight is 366 g/mol.